The number of thioether (sulfide) groups is 1. The number of nitrogens with zero attached hydrogens (tertiary/aromatic N) is 1. The number of rotatable bonds is 9. The second-order valence-electron chi connectivity index (χ2n) is 7.03. The number of hydrazine groups is 1. The predicted molar refractivity (Wildman–Crippen MR) is 125 cm³/mol. The van der Waals surface area contributed by atoms with Gasteiger partial charge in [-0.3, -0.25) is 9.59 Å². The number of carbonyl (C=O) groups is 2. The minimum atomic E-state index is -0.261. The molecule has 0 saturated carbocycles. The van der Waals surface area contributed by atoms with E-state index in [2.05, 4.69) is 19.3 Å². The van der Waals surface area contributed by atoms with Crippen molar-refractivity contribution in [1.29, 1.82) is 0 Å². The maximum Gasteiger partial charge on any atom is 0.280 e. The van der Waals surface area contributed by atoms with Crippen molar-refractivity contribution in [2.75, 3.05) is 13.2 Å². The van der Waals surface area contributed by atoms with Gasteiger partial charge >= 0.3 is 0 Å². The van der Waals surface area contributed by atoms with E-state index in [-0.39, 0.29) is 18.2 Å². The fourth-order valence-electron chi connectivity index (χ4n) is 2.65. The first kappa shape index (κ1) is 22.2. The van der Waals surface area contributed by atoms with Crippen molar-refractivity contribution < 1.29 is 14.3 Å². The van der Waals surface area contributed by atoms with Crippen LogP contribution in [0.1, 0.15) is 36.2 Å². The molecule has 1 aliphatic rings. The number of nitrogens with one attached hydrogen (secondary N) is 1. The third-order valence-electron chi connectivity index (χ3n) is 4.70. The first-order valence-electron chi connectivity index (χ1n) is 9.80. The minimum Gasteiger partial charge on any atom is -0.493 e. The highest BCUT2D eigenvalue weighted by Gasteiger charge is 2.32. The highest BCUT2D eigenvalue weighted by atomic mass is 32.2. The van der Waals surface area contributed by atoms with Crippen molar-refractivity contribution in [3.63, 3.8) is 0 Å². The monoisotopic (exact) mass is 440 g/mol. The first-order chi connectivity index (χ1) is 14.5. The van der Waals surface area contributed by atoms with Crippen molar-refractivity contribution in [3.05, 3.63) is 70.6 Å². The van der Waals surface area contributed by atoms with Crippen LogP contribution in [0, 0.1) is 5.92 Å². The summed E-state index contributed by atoms with van der Waals surface area (Å²) in [5.41, 5.74) is 4.31. The molecule has 1 atom stereocenters. The van der Waals surface area contributed by atoms with E-state index in [0.29, 0.717) is 27.3 Å². The summed E-state index contributed by atoms with van der Waals surface area (Å²) in [5, 5.41) is 1.26. The van der Waals surface area contributed by atoms with E-state index in [4.69, 9.17) is 17.0 Å². The molecule has 0 radical (unpaired) electrons. The predicted octanol–water partition coefficient (Wildman–Crippen LogP) is 4.70. The Bertz CT molecular complexity index is 943. The molecule has 7 heteroatoms. The van der Waals surface area contributed by atoms with Crippen LogP contribution in [0.4, 0.5) is 0 Å². The molecule has 2 aromatic carbocycles. The van der Waals surface area contributed by atoms with Gasteiger partial charge in [-0.05, 0) is 29.7 Å². The van der Waals surface area contributed by atoms with E-state index >= 15 is 0 Å². The number of amides is 1. The van der Waals surface area contributed by atoms with Crippen molar-refractivity contribution in [3.8, 4) is 5.75 Å². The Balaban J connectivity index is 1.59. The lowest BCUT2D eigenvalue weighted by Gasteiger charge is -2.15. The fourth-order valence-corrected chi connectivity index (χ4v) is 3.87. The highest BCUT2D eigenvalue weighted by Crippen LogP contribution is 2.31. The molecule has 1 heterocycles. The summed E-state index contributed by atoms with van der Waals surface area (Å²) in [4.78, 5) is 25.5. The van der Waals surface area contributed by atoms with E-state index in [0.717, 1.165) is 17.7 Å². The van der Waals surface area contributed by atoms with Crippen molar-refractivity contribution >= 4 is 46.1 Å². The first-order valence-corrected chi connectivity index (χ1v) is 11.0. The van der Waals surface area contributed by atoms with Crippen LogP contribution in [0.15, 0.2) is 59.5 Å². The Morgan fingerprint density at radius 2 is 1.90 bits per heavy atom. The van der Waals surface area contributed by atoms with E-state index in [1.807, 2.05) is 30.3 Å². The molecule has 1 amide bonds. The summed E-state index contributed by atoms with van der Waals surface area (Å²) in [6.45, 7) is 4.96. The summed E-state index contributed by atoms with van der Waals surface area (Å²) in [6.07, 6.45) is 2.86. The van der Waals surface area contributed by atoms with Gasteiger partial charge in [0.25, 0.3) is 5.91 Å². The quantitative estimate of drug-likeness (QED) is 0.347. The van der Waals surface area contributed by atoms with Crippen LogP contribution in [0.5, 0.6) is 5.75 Å². The Hall–Kier alpha value is -2.48. The van der Waals surface area contributed by atoms with Gasteiger partial charge in [0.2, 0.25) is 0 Å². The summed E-state index contributed by atoms with van der Waals surface area (Å²) in [5.74, 6) is 0.943. The Morgan fingerprint density at radius 1 is 1.20 bits per heavy atom. The number of benzene rings is 2. The lowest BCUT2D eigenvalue weighted by molar-refractivity contribution is -0.124. The number of ketones is 1. The van der Waals surface area contributed by atoms with E-state index < -0.39 is 0 Å². The molecule has 3 rings (SSSR count). The van der Waals surface area contributed by atoms with Crippen molar-refractivity contribution in [2.45, 2.75) is 20.3 Å². The number of Topliss-reactive ketones (excluding diaryl/α,β-unsaturated/α-hetero) is 1. The van der Waals surface area contributed by atoms with Gasteiger partial charge in [0, 0.05) is 5.56 Å². The molecule has 0 bridgehead atoms. The SMILES string of the molecule is CCC(C)COc1ccc(/C=C2\SC(=S)N(NCC(=O)c3ccccc3)C2=O)cc1. The maximum absolute atomic E-state index is 12.7. The van der Waals surface area contributed by atoms with Crippen LogP contribution in [-0.4, -0.2) is 34.2 Å². The van der Waals surface area contributed by atoms with Crippen LogP contribution in [0.2, 0.25) is 0 Å². The normalized spacial score (nSPS) is 16.2. The van der Waals surface area contributed by atoms with Crippen molar-refractivity contribution in [1.82, 2.24) is 10.4 Å². The van der Waals surface area contributed by atoms with Gasteiger partial charge in [0.15, 0.2) is 10.1 Å². The maximum atomic E-state index is 12.7. The summed E-state index contributed by atoms with van der Waals surface area (Å²) in [7, 11) is 0. The van der Waals surface area contributed by atoms with Gasteiger partial charge < -0.3 is 4.74 Å². The van der Waals surface area contributed by atoms with Gasteiger partial charge in [-0.1, -0.05) is 86.7 Å². The van der Waals surface area contributed by atoms with E-state index in [1.165, 1.54) is 16.8 Å². The molecule has 0 aliphatic carbocycles. The molecule has 5 nitrogen and oxygen atoms in total. The molecule has 0 spiro atoms. The van der Waals surface area contributed by atoms with Gasteiger partial charge in [-0.25, -0.2) is 10.4 Å². The van der Waals surface area contributed by atoms with Crippen LogP contribution >= 0.6 is 24.0 Å². The molecule has 30 heavy (non-hydrogen) atoms. The van der Waals surface area contributed by atoms with Crippen molar-refractivity contribution in [2.24, 2.45) is 5.92 Å². The van der Waals surface area contributed by atoms with Gasteiger partial charge in [-0.15, -0.1) is 0 Å². The topological polar surface area (TPSA) is 58.6 Å². The third kappa shape index (κ3) is 5.78. The molecule has 156 valence electrons. The molecule has 0 aromatic heterocycles. The van der Waals surface area contributed by atoms with Crippen LogP contribution < -0.4 is 10.2 Å². The van der Waals surface area contributed by atoms with Crippen LogP contribution in [-0.2, 0) is 4.79 Å². The van der Waals surface area contributed by atoms with Gasteiger partial charge in [0.05, 0.1) is 18.1 Å². The van der Waals surface area contributed by atoms with Gasteiger partial charge in [-0.2, -0.15) is 0 Å². The molecule has 1 saturated heterocycles. The molecule has 1 fully saturated rings. The second kappa shape index (κ2) is 10.5. The lowest BCUT2D eigenvalue weighted by atomic mass is 10.1. The number of hydrogen-bond acceptors (Lipinski definition) is 6. The lowest BCUT2D eigenvalue weighted by Crippen LogP contribution is -2.43. The molecule has 1 unspecified atom stereocenters. The van der Waals surface area contributed by atoms with Crippen LogP contribution in [0.25, 0.3) is 6.08 Å². The second-order valence-corrected chi connectivity index (χ2v) is 8.71. The molecule has 2 aromatic rings. The zero-order valence-electron chi connectivity index (χ0n) is 17.0. The summed E-state index contributed by atoms with van der Waals surface area (Å²) >= 11 is 6.51. The number of thiocarbonyl (C=S) groups is 1. The smallest absolute Gasteiger partial charge is 0.280 e. The number of hydrogen-bond donors (Lipinski definition) is 1. The molecule has 1 aliphatic heterocycles. The Labute approximate surface area is 186 Å². The van der Waals surface area contributed by atoms with E-state index in [1.54, 1.807) is 30.3 Å². The minimum absolute atomic E-state index is 0.00798. The zero-order chi connectivity index (χ0) is 21.5. The average molecular weight is 441 g/mol. The highest BCUT2D eigenvalue weighted by molar-refractivity contribution is 8.26. The average Bonchev–Trinajstić information content (AvgIpc) is 3.04. The van der Waals surface area contributed by atoms with E-state index in [9.17, 15) is 9.59 Å². The van der Waals surface area contributed by atoms with Gasteiger partial charge in [0.1, 0.15) is 5.75 Å². The Morgan fingerprint density at radius 3 is 2.57 bits per heavy atom. The molecular weight excluding hydrogens is 416 g/mol. The molecule has 1 N–H and O–H groups in total. The number of carbonyl (C=O) groups excluding carboxylic acids is 2. The standard InChI is InChI=1S/C23H24N2O3S2/c1-3-16(2)15-28-19-11-9-17(10-12-19)13-21-22(27)25(23(29)30-21)24-14-20(26)18-7-5-4-6-8-18/h4-13,16,24H,3,14-15H2,1-2H3/b21-13-. The largest absolute Gasteiger partial charge is 0.493 e. The molecular formula is C23H24N2O3S2. The number of ether oxygens (including phenoxy) is 1. The Kier molecular flexibility index (Phi) is 7.79. The zero-order valence-corrected chi connectivity index (χ0v) is 18.6. The summed E-state index contributed by atoms with van der Waals surface area (Å²) < 4.78 is 6.14. The van der Waals surface area contributed by atoms with Crippen LogP contribution in [0.3, 0.4) is 0 Å². The fraction of sp³-hybridized carbons (Fsp3) is 0.261. The third-order valence-corrected chi connectivity index (χ3v) is 6.00. The summed E-state index contributed by atoms with van der Waals surface area (Å²) in [6, 6.07) is 16.5.